The Labute approximate surface area is 162 Å². The molecule has 0 saturated carbocycles. The largest absolute Gasteiger partial charge is 0.391 e. The average molecular weight is 357 g/mol. The first kappa shape index (κ1) is 18.0. The number of benzene rings is 3. The molecular weight excluding hydrogens is 330 g/mol. The van der Waals surface area contributed by atoms with Crippen LogP contribution in [0.3, 0.4) is 0 Å². The summed E-state index contributed by atoms with van der Waals surface area (Å²) in [6.45, 7) is 5.07. The third-order valence-corrected chi connectivity index (χ3v) is 5.73. The minimum Gasteiger partial charge on any atom is -0.391 e. The van der Waals surface area contributed by atoms with E-state index in [-0.39, 0.29) is 18.1 Å². The van der Waals surface area contributed by atoms with Crippen molar-refractivity contribution < 1.29 is 5.11 Å². The molecule has 3 aromatic carbocycles. The molecule has 3 aromatic rings. The molecular formula is C25H27NO. The van der Waals surface area contributed by atoms with Crippen LogP contribution >= 0.6 is 0 Å². The summed E-state index contributed by atoms with van der Waals surface area (Å²) in [4.78, 5) is 2.46. The van der Waals surface area contributed by atoms with Crippen LogP contribution in [0.5, 0.6) is 0 Å². The number of hydrogen-bond acceptors (Lipinski definition) is 2. The zero-order valence-corrected chi connectivity index (χ0v) is 16.0. The third-order valence-electron chi connectivity index (χ3n) is 5.73. The molecule has 0 bridgehead atoms. The van der Waals surface area contributed by atoms with Gasteiger partial charge in [-0.05, 0) is 22.6 Å². The minimum absolute atomic E-state index is 0.158. The fourth-order valence-corrected chi connectivity index (χ4v) is 4.31. The van der Waals surface area contributed by atoms with E-state index in [1.54, 1.807) is 0 Å². The van der Waals surface area contributed by atoms with E-state index in [0.717, 1.165) is 6.54 Å². The van der Waals surface area contributed by atoms with E-state index in [9.17, 15) is 5.11 Å². The Kier molecular flexibility index (Phi) is 4.86. The van der Waals surface area contributed by atoms with Crippen molar-refractivity contribution in [2.75, 3.05) is 6.54 Å². The van der Waals surface area contributed by atoms with Gasteiger partial charge in [-0.2, -0.15) is 0 Å². The molecule has 1 saturated heterocycles. The topological polar surface area (TPSA) is 23.2 Å². The van der Waals surface area contributed by atoms with E-state index in [4.69, 9.17) is 0 Å². The Bertz CT molecular complexity index is 764. The predicted molar refractivity (Wildman–Crippen MR) is 111 cm³/mol. The molecule has 1 N–H and O–H groups in total. The standard InChI is InChI=1S/C25H27NO/c1-19(2)24(27)23-18-26(23)25(20-12-6-3-7-13-20,21-14-8-4-9-15-21)22-16-10-5-11-17-22/h3-17,19,23-24,27H,18H2,1-2H3/t23-,24?,26?/m0/s1. The van der Waals surface area contributed by atoms with Gasteiger partial charge in [0.1, 0.15) is 0 Å². The molecule has 27 heavy (non-hydrogen) atoms. The Morgan fingerprint density at radius 3 is 1.44 bits per heavy atom. The summed E-state index contributed by atoms with van der Waals surface area (Å²) in [5, 5.41) is 10.8. The second-order valence-electron chi connectivity index (χ2n) is 7.76. The number of nitrogens with zero attached hydrogens (tertiary/aromatic N) is 1. The van der Waals surface area contributed by atoms with Gasteiger partial charge in [0, 0.05) is 6.54 Å². The van der Waals surface area contributed by atoms with Gasteiger partial charge in [0.2, 0.25) is 0 Å². The van der Waals surface area contributed by atoms with E-state index in [0.29, 0.717) is 0 Å². The van der Waals surface area contributed by atoms with Crippen LogP contribution in [-0.2, 0) is 5.54 Å². The normalized spacial score (nSPS) is 20.4. The van der Waals surface area contributed by atoms with E-state index in [1.165, 1.54) is 16.7 Å². The van der Waals surface area contributed by atoms with Crippen molar-refractivity contribution >= 4 is 0 Å². The van der Waals surface area contributed by atoms with Crippen molar-refractivity contribution in [1.29, 1.82) is 0 Å². The number of rotatable bonds is 6. The molecule has 0 aromatic heterocycles. The molecule has 2 heteroatoms. The lowest BCUT2D eigenvalue weighted by Crippen LogP contribution is -2.41. The summed E-state index contributed by atoms with van der Waals surface area (Å²) in [5.41, 5.74) is 3.31. The van der Waals surface area contributed by atoms with Gasteiger partial charge in [-0.15, -0.1) is 0 Å². The van der Waals surface area contributed by atoms with E-state index in [1.807, 2.05) is 0 Å². The zero-order chi connectivity index (χ0) is 18.9. The zero-order valence-electron chi connectivity index (χ0n) is 16.0. The van der Waals surface area contributed by atoms with Crippen molar-refractivity contribution in [1.82, 2.24) is 4.90 Å². The summed E-state index contributed by atoms with van der Waals surface area (Å²) in [6.07, 6.45) is -0.333. The fourth-order valence-electron chi connectivity index (χ4n) is 4.31. The summed E-state index contributed by atoms with van der Waals surface area (Å²) in [7, 11) is 0. The number of aliphatic hydroxyl groups is 1. The molecule has 0 amide bonds. The summed E-state index contributed by atoms with van der Waals surface area (Å²) in [6, 6.07) is 32.2. The molecule has 3 atom stereocenters. The monoisotopic (exact) mass is 357 g/mol. The minimum atomic E-state index is -0.398. The van der Waals surface area contributed by atoms with Crippen molar-refractivity contribution in [3.8, 4) is 0 Å². The van der Waals surface area contributed by atoms with Gasteiger partial charge in [0.25, 0.3) is 0 Å². The maximum atomic E-state index is 10.8. The molecule has 1 fully saturated rings. The molecule has 0 radical (unpaired) electrons. The first-order valence-corrected chi connectivity index (χ1v) is 9.77. The van der Waals surface area contributed by atoms with Gasteiger partial charge in [-0.3, -0.25) is 4.90 Å². The fraction of sp³-hybridized carbons (Fsp3) is 0.280. The van der Waals surface area contributed by atoms with Gasteiger partial charge in [0.05, 0.1) is 17.7 Å². The smallest absolute Gasteiger partial charge is 0.0977 e. The maximum Gasteiger partial charge on any atom is 0.0977 e. The van der Waals surface area contributed by atoms with Gasteiger partial charge in [-0.25, -0.2) is 0 Å². The molecule has 0 spiro atoms. The number of hydrogen-bond donors (Lipinski definition) is 1. The van der Waals surface area contributed by atoms with E-state index < -0.39 is 5.54 Å². The third kappa shape index (κ3) is 3.09. The van der Waals surface area contributed by atoms with Gasteiger partial charge >= 0.3 is 0 Å². The molecule has 1 aliphatic rings. The molecule has 138 valence electrons. The van der Waals surface area contributed by atoms with Crippen LogP contribution < -0.4 is 0 Å². The quantitative estimate of drug-likeness (QED) is 0.511. The molecule has 1 aliphatic heterocycles. The Morgan fingerprint density at radius 1 is 0.741 bits per heavy atom. The van der Waals surface area contributed by atoms with Crippen molar-refractivity contribution in [3.63, 3.8) is 0 Å². The lowest BCUT2D eigenvalue weighted by atomic mass is 9.76. The SMILES string of the molecule is CC(C)C(O)[C@@H]1CN1C(c1ccccc1)(c1ccccc1)c1ccccc1. The highest BCUT2D eigenvalue weighted by Gasteiger charge is 2.55. The Hall–Kier alpha value is -2.42. The van der Waals surface area contributed by atoms with E-state index >= 15 is 0 Å². The van der Waals surface area contributed by atoms with Crippen LogP contribution in [0.15, 0.2) is 91.0 Å². The second-order valence-corrected chi connectivity index (χ2v) is 7.76. The lowest BCUT2D eigenvalue weighted by molar-refractivity contribution is 0.0982. The summed E-state index contributed by atoms with van der Waals surface area (Å²) >= 11 is 0. The average Bonchev–Trinajstić information content (AvgIpc) is 3.51. The highest BCUT2D eigenvalue weighted by molar-refractivity contribution is 5.51. The Balaban J connectivity index is 1.94. The first-order valence-electron chi connectivity index (χ1n) is 9.77. The number of aliphatic hydroxyl groups excluding tert-OH is 1. The molecule has 0 aliphatic carbocycles. The highest BCUT2D eigenvalue weighted by atomic mass is 16.3. The van der Waals surface area contributed by atoms with Crippen LogP contribution in [0.4, 0.5) is 0 Å². The van der Waals surface area contributed by atoms with Crippen molar-refractivity contribution in [3.05, 3.63) is 108 Å². The summed E-state index contributed by atoms with van der Waals surface area (Å²) < 4.78 is 0. The molecule has 4 rings (SSSR count). The van der Waals surface area contributed by atoms with Crippen molar-refractivity contribution in [2.45, 2.75) is 31.5 Å². The van der Waals surface area contributed by atoms with Gasteiger partial charge in [0.15, 0.2) is 0 Å². The highest BCUT2D eigenvalue weighted by Crippen LogP contribution is 2.49. The van der Waals surface area contributed by atoms with E-state index in [2.05, 4.69) is 110 Å². The predicted octanol–water partition coefficient (Wildman–Crippen LogP) is 4.68. The molecule has 2 nitrogen and oxygen atoms in total. The second kappa shape index (κ2) is 7.30. The molecule has 2 unspecified atom stereocenters. The van der Waals surface area contributed by atoms with Crippen molar-refractivity contribution in [2.24, 2.45) is 5.92 Å². The maximum absolute atomic E-state index is 10.8. The Morgan fingerprint density at radius 2 is 1.11 bits per heavy atom. The van der Waals surface area contributed by atoms with Crippen LogP contribution in [0.25, 0.3) is 0 Å². The van der Waals surface area contributed by atoms with Gasteiger partial charge < -0.3 is 5.11 Å². The summed E-state index contributed by atoms with van der Waals surface area (Å²) in [5.74, 6) is 0.236. The lowest BCUT2D eigenvalue weighted by Gasteiger charge is -2.39. The molecule has 1 heterocycles. The van der Waals surface area contributed by atoms with Crippen LogP contribution in [0, 0.1) is 5.92 Å². The first-order chi connectivity index (χ1) is 13.2. The van der Waals surface area contributed by atoms with Crippen LogP contribution in [0.1, 0.15) is 30.5 Å². The van der Waals surface area contributed by atoms with Crippen LogP contribution in [-0.4, -0.2) is 28.7 Å². The van der Waals surface area contributed by atoms with Crippen LogP contribution in [0.2, 0.25) is 0 Å². The van der Waals surface area contributed by atoms with Gasteiger partial charge in [-0.1, -0.05) is 105 Å².